The number of anilines is 2. The number of aromatic nitrogens is 4. The van der Waals surface area contributed by atoms with Crippen LogP contribution in [0.3, 0.4) is 0 Å². The molecule has 13 heteroatoms. The van der Waals surface area contributed by atoms with E-state index in [0.717, 1.165) is 24.1 Å². The second kappa shape index (κ2) is 12.5. The van der Waals surface area contributed by atoms with Crippen molar-refractivity contribution in [3.05, 3.63) is 66.1 Å². The maximum atomic E-state index is 15.0. The highest BCUT2D eigenvalue weighted by atomic mass is 32.2. The van der Waals surface area contributed by atoms with Crippen molar-refractivity contribution in [2.75, 3.05) is 23.9 Å². The van der Waals surface area contributed by atoms with Crippen molar-refractivity contribution < 1.29 is 26.7 Å². The summed E-state index contributed by atoms with van der Waals surface area (Å²) in [4.78, 5) is 8.75. The van der Waals surface area contributed by atoms with Crippen LogP contribution in [0.1, 0.15) is 45.1 Å². The molecule has 4 aromatic rings. The summed E-state index contributed by atoms with van der Waals surface area (Å²) >= 11 is 0. The van der Waals surface area contributed by atoms with E-state index in [1.807, 2.05) is 6.07 Å². The van der Waals surface area contributed by atoms with E-state index in [9.17, 15) is 8.42 Å². The Balaban J connectivity index is 1.38. The largest absolute Gasteiger partial charge is 0.491 e. The van der Waals surface area contributed by atoms with Crippen molar-refractivity contribution in [1.82, 2.24) is 19.6 Å². The van der Waals surface area contributed by atoms with Crippen molar-refractivity contribution in [3.8, 4) is 17.0 Å². The Morgan fingerprint density at radius 3 is 2.56 bits per heavy atom. The number of sulfone groups is 1. The van der Waals surface area contributed by atoms with E-state index in [4.69, 9.17) is 15.2 Å². The average molecular weight is 615 g/mol. The Labute approximate surface area is 249 Å². The van der Waals surface area contributed by atoms with Gasteiger partial charge in [0.15, 0.2) is 0 Å². The molecule has 3 N–H and O–H groups in total. The number of hydrogen-bond acceptors (Lipinski definition) is 9. The van der Waals surface area contributed by atoms with E-state index in [1.165, 1.54) is 10.8 Å². The minimum absolute atomic E-state index is 0.0457. The molecule has 0 spiro atoms. The van der Waals surface area contributed by atoms with E-state index in [-0.39, 0.29) is 59.5 Å². The van der Waals surface area contributed by atoms with Crippen molar-refractivity contribution in [2.24, 2.45) is 11.7 Å². The van der Waals surface area contributed by atoms with Gasteiger partial charge in [0.1, 0.15) is 27.2 Å². The Morgan fingerprint density at radius 1 is 1.14 bits per heavy atom. The number of nitrogens with zero attached hydrogens (tertiary/aromatic N) is 4. The molecule has 3 heterocycles. The smallest absolute Gasteiger partial charge is 0.229 e. The molecular weight excluding hydrogens is 578 g/mol. The first-order valence-corrected chi connectivity index (χ1v) is 16.2. The van der Waals surface area contributed by atoms with Crippen LogP contribution >= 0.6 is 0 Å². The molecule has 0 aliphatic heterocycles. The lowest BCUT2D eigenvalue weighted by molar-refractivity contribution is -0.0152. The fraction of sp³-hybridized carbons (Fsp3) is 0.433. The van der Waals surface area contributed by atoms with Crippen LogP contribution in [-0.2, 0) is 14.6 Å². The number of fused-ring (bicyclic) bond motifs is 1. The molecule has 3 aromatic heterocycles. The third-order valence-corrected chi connectivity index (χ3v) is 8.44. The van der Waals surface area contributed by atoms with Gasteiger partial charge in [-0.2, -0.15) is 9.61 Å². The lowest BCUT2D eigenvalue weighted by atomic mass is 9.74. The summed E-state index contributed by atoms with van der Waals surface area (Å²) in [5.41, 5.74) is 8.68. The number of nitrogens with two attached hydrogens (primary N) is 1. The van der Waals surface area contributed by atoms with Gasteiger partial charge in [-0.15, -0.1) is 0 Å². The Morgan fingerprint density at radius 2 is 1.88 bits per heavy atom. The van der Waals surface area contributed by atoms with Crippen LogP contribution < -0.4 is 15.8 Å². The van der Waals surface area contributed by atoms with Gasteiger partial charge in [-0.25, -0.2) is 22.2 Å². The number of nitrogens with one attached hydrogen (secondary N) is 1. The lowest BCUT2D eigenvalue weighted by Gasteiger charge is -2.39. The molecule has 0 unspecified atom stereocenters. The maximum Gasteiger partial charge on any atom is 0.229 e. The standard InChI is InChI=1S/C30H36F2N6O4S/c1-17(2)42-21-13-23(31)28(24(32)14-21)26-6-5-20-15-35-30(38(20)37-26)36-27-16-34-8-7-22(27)19-11-18(3)29(25(33)12-19)41-9-10-43(4,39)40/h5-8,13-19,25,29H,9-12,33H2,1-4H3,(H,35,36)/t18-,19+,25+,29-/m0/s1. The zero-order chi connectivity index (χ0) is 30.9. The normalized spacial score (nSPS) is 20.9. The van der Waals surface area contributed by atoms with Gasteiger partial charge in [-0.05, 0) is 62.3 Å². The van der Waals surface area contributed by atoms with Crippen LogP contribution in [0.15, 0.2) is 48.9 Å². The molecular formula is C30H36F2N6O4S. The van der Waals surface area contributed by atoms with Crippen LogP contribution in [-0.4, -0.2) is 64.9 Å². The second-order valence-electron chi connectivity index (χ2n) is 11.4. The molecule has 1 aliphatic rings. The summed E-state index contributed by atoms with van der Waals surface area (Å²) in [7, 11) is -3.12. The predicted octanol–water partition coefficient (Wildman–Crippen LogP) is 4.87. The molecule has 0 amide bonds. The van der Waals surface area contributed by atoms with Gasteiger partial charge in [0.2, 0.25) is 5.95 Å². The fourth-order valence-corrected chi connectivity index (χ4v) is 6.06. The Bertz CT molecular complexity index is 1680. The zero-order valence-electron chi connectivity index (χ0n) is 24.5. The van der Waals surface area contributed by atoms with Crippen LogP contribution in [0.25, 0.3) is 16.8 Å². The van der Waals surface area contributed by atoms with Gasteiger partial charge >= 0.3 is 0 Å². The van der Waals surface area contributed by atoms with E-state index in [2.05, 4.69) is 27.3 Å². The summed E-state index contributed by atoms with van der Waals surface area (Å²) in [6, 6.07) is 7.17. The molecule has 0 radical (unpaired) electrons. The summed E-state index contributed by atoms with van der Waals surface area (Å²) in [5.74, 6) is -0.992. The molecule has 43 heavy (non-hydrogen) atoms. The monoisotopic (exact) mass is 614 g/mol. The van der Waals surface area contributed by atoms with E-state index in [1.54, 1.807) is 44.6 Å². The van der Waals surface area contributed by atoms with Crippen LogP contribution in [0.2, 0.25) is 0 Å². The third-order valence-electron chi connectivity index (χ3n) is 7.53. The predicted molar refractivity (Wildman–Crippen MR) is 160 cm³/mol. The highest BCUT2D eigenvalue weighted by Gasteiger charge is 2.36. The topological polar surface area (TPSA) is 134 Å². The summed E-state index contributed by atoms with van der Waals surface area (Å²) < 4.78 is 65.9. The molecule has 1 aromatic carbocycles. The number of ether oxygens (including phenoxy) is 2. The van der Waals surface area contributed by atoms with Crippen LogP contribution in [0, 0.1) is 17.6 Å². The molecule has 4 atom stereocenters. The van der Waals surface area contributed by atoms with Crippen LogP contribution in [0.5, 0.6) is 5.75 Å². The number of pyridine rings is 1. The molecule has 10 nitrogen and oxygen atoms in total. The summed E-state index contributed by atoms with van der Waals surface area (Å²) in [5, 5.41) is 7.81. The lowest BCUT2D eigenvalue weighted by Crippen LogP contribution is -2.47. The maximum absolute atomic E-state index is 15.0. The van der Waals surface area contributed by atoms with Crippen molar-refractivity contribution >= 4 is 27.0 Å². The zero-order valence-corrected chi connectivity index (χ0v) is 25.3. The number of rotatable bonds is 10. The Hall–Kier alpha value is -3.68. The average Bonchev–Trinajstić information content (AvgIpc) is 3.31. The Kier molecular flexibility index (Phi) is 8.95. The van der Waals surface area contributed by atoms with Crippen LogP contribution in [0.4, 0.5) is 20.4 Å². The molecule has 5 rings (SSSR count). The first-order chi connectivity index (χ1) is 20.4. The van der Waals surface area contributed by atoms with Gasteiger partial charge in [0.25, 0.3) is 0 Å². The van der Waals surface area contributed by atoms with E-state index < -0.39 is 21.5 Å². The van der Waals surface area contributed by atoms with Gasteiger partial charge in [0, 0.05) is 30.6 Å². The van der Waals surface area contributed by atoms with E-state index in [0.29, 0.717) is 23.6 Å². The molecule has 1 fully saturated rings. The number of hydrogen-bond donors (Lipinski definition) is 2. The quantitative estimate of drug-likeness (QED) is 0.257. The molecule has 0 bridgehead atoms. The first kappa shape index (κ1) is 30.8. The number of benzene rings is 1. The third kappa shape index (κ3) is 7.11. The van der Waals surface area contributed by atoms with Crippen molar-refractivity contribution in [1.29, 1.82) is 0 Å². The molecule has 0 saturated heterocycles. The van der Waals surface area contributed by atoms with Gasteiger partial charge in [-0.1, -0.05) is 6.92 Å². The number of halogens is 2. The minimum Gasteiger partial charge on any atom is -0.491 e. The van der Waals surface area contributed by atoms with E-state index >= 15 is 8.78 Å². The molecule has 1 saturated carbocycles. The SMILES string of the molecule is CC(C)Oc1cc(F)c(-c2ccc3cnc(Nc4cnccc4[C@H]4C[C@@H](N)[C@@H](OCCS(C)(=O)=O)[C@@H](C)C4)n3n2)c(F)c1. The van der Waals surface area contributed by atoms with Gasteiger partial charge in [0.05, 0.1) is 59.4 Å². The highest BCUT2D eigenvalue weighted by molar-refractivity contribution is 7.90. The fourth-order valence-electron chi connectivity index (χ4n) is 5.66. The highest BCUT2D eigenvalue weighted by Crippen LogP contribution is 2.40. The summed E-state index contributed by atoms with van der Waals surface area (Å²) in [6.45, 7) is 5.72. The van der Waals surface area contributed by atoms with Crippen molar-refractivity contribution in [2.45, 2.75) is 57.8 Å². The van der Waals surface area contributed by atoms with Crippen molar-refractivity contribution in [3.63, 3.8) is 0 Å². The van der Waals surface area contributed by atoms with Gasteiger partial charge in [-0.3, -0.25) is 4.98 Å². The molecule has 230 valence electrons. The summed E-state index contributed by atoms with van der Waals surface area (Å²) in [6.07, 6.45) is 7.12. The second-order valence-corrected chi connectivity index (χ2v) is 13.7. The first-order valence-electron chi connectivity index (χ1n) is 14.2. The molecule has 1 aliphatic carbocycles. The van der Waals surface area contributed by atoms with Gasteiger partial charge < -0.3 is 20.5 Å². The minimum atomic E-state index is -3.12. The number of imidazole rings is 1.